The number of benzene rings is 1. The number of nitrogens with one attached hydrogen (secondary N) is 1. The number of aromatic amines is 1. The normalized spacial score (nSPS) is 17.7. The van der Waals surface area contributed by atoms with Gasteiger partial charge in [-0.1, -0.05) is 0 Å². The Bertz CT molecular complexity index is 770. The molecule has 9 heteroatoms. The van der Waals surface area contributed by atoms with Crippen LogP contribution in [0.4, 0.5) is 5.69 Å². The standard InChI is InChI=1S/C13H15BrN4O3S/c14-8-5-7-10(6-9(8)15)17-11(13(16)19)12(7)22(20)18-1-3-21-4-2-18/h5-6,17H,1-4,15H2,(H2,16,19). The highest BCUT2D eigenvalue weighted by atomic mass is 79.9. The second-order valence-electron chi connectivity index (χ2n) is 4.90. The third kappa shape index (κ3) is 2.65. The molecule has 1 atom stereocenters. The quantitative estimate of drug-likeness (QED) is 0.681. The predicted octanol–water partition coefficient (Wildman–Crippen LogP) is 0.966. The minimum Gasteiger partial charge on any atom is -0.398 e. The molecule has 1 aromatic heterocycles. The Morgan fingerprint density at radius 2 is 2.05 bits per heavy atom. The van der Waals surface area contributed by atoms with E-state index in [9.17, 15) is 9.00 Å². The third-order valence-electron chi connectivity index (χ3n) is 3.49. The van der Waals surface area contributed by atoms with E-state index in [4.69, 9.17) is 16.2 Å². The van der Waals surface area contributed by atoms with Crippen molar-refractivity contribution < 1.29 is 13.7 Å². The molecule has 2 aromatic rings. The number of carbonyl (C=O) groups is 1. The number of aromatic nitrogens is 1. The minimum absolute atomic E-state index is 0.150. The predicted molar refractivity (Wildman–Crippen MR) is 87.7 cm³/mol. The first-order chi connectivity index (χ1) is 10.5. The van der Waals surface area contributed by atoms with Gasteiger partial charge in [-0.3, -0.25) is 4.79 Å². The first-order valence-electron chi connectivity index (χ1n) is 6.64. The summed E-state index contributed by atoms with van der Waals surface area (Å²) in [5, 5.41) is 0.666. The number of morpholine rings is 1. The highest BCUT2D eigenvalue weighted by Crippen LogP contribution is 2.33. The Hall–Kier alpha value is -1.42. The summed E-state index contributed by atoms with van der Waals surface area (Å²) in [4.78, 5) is 15.0. The van der Waals surface area contributed by atoms with Crippen molar-refractivity contribution in [2.24, 2.45) is 5.73 Å². The van der Waals surface area contributed by atoms with Crippen molar-refractivity contribution in [2.45, 2.75) is 4.90 Å². The molecule has 0 aliphatic carbocycles. The van der Waals surface area contributed by atoms with Gasteiger partial charge in [0.1, 0.15) is 16.7 Å². The fourth-order valence-electron chi connectivity index (χ4n) is 2.40. The number of H-pyrrole nitrogens is 1. The molecular weight excluding hydrogens is 372 g/mol. The number of carbonyl (C=O) groups excluding carboxylic acids is 1. The smallest absolute Gasteiger partial charge is 0.266 e. The first kappa shape index (κ1) is 15.5. The van der Waals surface area contributed by atoms with E-state index in [1.165, 1.54) is 0 Å². The lowest BCUT2D eigenvalue weighted by molar-refractivity contribution is 0.0752. The molecule has 1 aliphatic rings. The second kappa shape index (κ2) is 5.99. The molecule has 1 aromatic carbocycles. The number of anilines is 1. The largest absolute Gasteiger partial charge is 0.398 e. The summed E-state index contributed by atoms with van der Waals surface area (Å²) >= 11 is 3.35. The molecule has 1 amide bonds. The van der Waals surface area contributed by atoms with Gasteiger partial charge in [-0.15, -0.1) is 0 Å². The van der Waals surface area contributed by atoms with Gasteiger partial charge < -0.3 is 21.2 Å². The van der Waals surface area contributed by atoms with Crippen LogP contribution in [0.15, 0.2) is 21.5 Å². The van der Waals surface area contributed by atoms with Crippen LogP contribution in [0, 0.1) is 0 Å². The van der Waals surface area contributed by atoms with Crippen LogP contribution in [0.3, 0.4) is 0 Å². The number of hydrogen-bond acceptors (Lipinski definition) is 4. The summed E-state index contributed by atoms with van der Waals surface area (Å²) < 4.78 is 20.6. The molecule has 2 heterocycles. The molecule has 118 valence electrons. The zero-order valence-corrected chi connectivity index (χ0v) is 14.0. The average Bonchev–Trinajstić information content (AvgIpc) is 2.86. The lowest BCUT2D eigenvalue weighted by atomic mass is 10.2. The van der Waals surface area contributed by atoms with E-state index in [0.717, 1.165) is 0 Å². The van der Waals surface area contributed by atoms with Gasteiger partial charge >= 0.3 is 0 Å². The molecule has 22 heavy (non-hydrogen) atoms. The molecule has 1 saturated heterocycles. The molecule has 0 saturated carbocycles. The summed E-state index contributed by atoms with van der Waals surface area (Å²) in [6.45, 7) is 2.09. The number of amides is 1. The maximum atomic E-state index is 12.9. The Morgan fingerprint density at radius 3 is 2.68 bits per heavy atom. The van der Waals surface area contributed by atoms with Crippen molar-refractivity contribution >= 4 is 49.4 Å². The Balaban J connectivity index is 2.16. The molecule has 1 fully saturated rings. The average molecular weight is 387 g/mol. The molecule has 0 radical (unpaired) electrons. The minimum atomic E-state index is -1.50. The summed E-state index contributed by atoms with van der Waals surface area (Å²) in [7, 11) is -1.50. The fourth-order valence-corrected chi connectivity index (χ4v) is 4.17. The van der Waals surface area contributed by atoms with Crippen molar-refractivity contribution in [1.29, 1.82) is 0 Å². The lowest BCUT2D eigenvalue weighted by Gasteiger charge is -2.25. The van der Waals surface area contributed by atoms with E-state index in [2.05, 4.69) is 20.9 Å². The van der Waals surface area contributed by atoms with Crippen molar-refractivity contribution in [2.75, 3.05) is 32.0 Å². The van der Waals surface area contributed by atoms with Crippen LogP contribution in [0.1, 0.15) is 10.5 Å². The Labute approximate surface area is 137 Å². The number of ether oxygens (including phenoxy) is 1. The van der Waals surface area contributed by atoms with E-state index in [-0.39, 0.29) is 5.69 Å². The fraction of sp³-hybridized carbons (Fsp3) is 0.308. The van der Waals surface area contributed by atoms with E-state index in [1.54, 1.807) is 16.4 Å². The third-order valence-corrected chi connectivity index (χ3v) is 5.79. The maximum Gasteiger partial charge on any atom is 0.266 e. The zero-order chi connectivity index (χ0) is 15.9. The van der Waals surface area contributed by atoms with Gasteiger partial charge in [-0.25, -0.2) is 8.51 Å². The molecule has 3 rings (SSSR count). The first-order valence-corrected chi connectivity index (χ1v) is 8.54. The SMILES string of the molecule is NC(=O)c1[nH]c2cc(N)c(Br)cc2c1S(=O)N1CCOCC1. The van der Waals surface area contributed by atoms with Crippen LogP contribution >= 0.6 is 15.9 Å². The molecule has 7 nitrogen and oxygen atoms in total. The highest BCUT2D eigenvalue weighted by Gasteiger charge is 2.27. The monoisotopic (exact) mass is 386 g/mol. The molecule has 0 bridgehead atoms. The molecule has 0 spiro atoms. The Kier molecular flexibility index (Phi) is 4.22. The van der Waals surface area contributed by atoms with Crippen molar-refractivity contribution in [3.8, 4) is 0 Å². The zero-order valence-electron chi connectivity index (χ0n) is 11.6. The number of primary amides is 1. The van der Waals surface area contributed by atoms with E-state index in [1.807, 2.05) is 0 Å². The van der Waals surface area contributed by atoms with Crippen LogP contribution in [0.5, 0.6) is 0 Å². The Morgan fingerprint density at radius 1 is 1.36 bits per heavy atom. The van der Waals surface area contributed by atoms with Crippen LogP contribution in [-0.2, 0) is 15.7 Å². The van der Waals surface area contributed by atoms with Gasteiger partial charge in [0.05, 0.1) is 18.1 Å². The van der Waals surface area contributed by atoms with Crippen LogP contribution in [-0.4, -0.2) is 45.7 Å². The highest BCUT2D eigenvalue weighted by molar-refractivity contribution is 9.10. The number of hydrogen-bond donors (Lipinski definition) is 3. The van der Waals surface area contributed by atoms with E-state index < -0.39 is 16.9 Å². The summed E-state index contributed by atoms with van der Waals surface area (Å²) in [5.41, 5.74) is 12.6. The maximum absolute atomic E-state index is 12.9. The summed E-state index contributed by atoms with van der Waals surface area (Å²) in [6.07, 6.45) is 0. The van der Waals surface area contributed by atoms with Crippen LogP contribution in [0.2, 0.25) is 0 Å². The van der Waals surface area contributed by atoms with Gasteiger partial charge in [-0.05, 0) is 28.1 Å². The lowest BCUT2D eigenvalue weighted by Crippen LogP contribution is -2.38. The number of nitrogen functional groups attached to an aromatic ring is 1. The number of rotatable bonds is 3. The van der Waals surface area contributed by atoms with Gasteiger partial charge in [-0.2, -0.15) is 0 Å². The molecule has 1 unspecified atom stereocenters. The summed E-state index contributed by atoms with van der Waals surface area (Å²) in [5.74, 6) is -0.650. The van der Waals surface area contributed by atoms with Crippen molar-refractivity contribution in [3.05, 3.63) is 22.3 Å². The summed E-state index contributed by atoms with van der Waals surface area (Å²) in [6, 6.07) is 3.44. The second-order valence-corrected chi connectivity index (χ2v) is 7.18. The number of halogens is 1. The molecule has 1 aliphatic heterocycles. The molecular formula is C13H15BrN4O3S. The van der Waals surface area contributed by atoms with Gasteiger partial charge in [0.2, 0.25) is 0 Å². The molecule has 5 N–H and O–H groups in total. The number of nitrogens with zero attached hydrogens (tertiary/aromatic N) is 1. The van der Waals surface area contributed by atoms with Crippen LogP contribution in [0.25, 0.3) is 10.9 Å². The van der Waals surface area contributed by atoms with Gasteiger partial charge in [0.25, 0.3) is 5.91 Å². The van der Waals surface area contributed by atoms with Crippen molar-refractivity contribution in [1.82, 2.24) is 9.29 Å². The van der Waals surface area contributed by atoms with Crippen molar-refractivity contribution in [3.63, 3.8) is 0 Å². The van der Waals surface area contributed by atoms with E-state index in [0.29, 0.717) is 52.3 Å². The number of fused-ring (bicyclic) bond motifs is 1. The van der Waals surface area contributed by atoms with Gasteiger partial charge in [0, 0.05) is 34.2 Å². The van der Waals surface area contributed by atoms with Gasteiger partial charge in [0.15, 0.2) is 0 Å². The van der Waals surface area contributed by atoms with E-state index >= 15 is 0 Å². The number of nitrogens with two attached hydrogens (primary N) is 2. The van der Waals surface area contributed by atoms with Crippen LogP contribution < -0.4 is 11.5 Å². The topological polar surface area (TPSA) is 114 Å².